The van der Waals surface area contributed by atoms with Gasteiger partial charge in [-0.05, 0) is 25.8 Å². The van der Waals surface area contributed by atoms with Crippen molar-refractivity contribution in [3.8, 4) is 11.4 Å². The van der Waals surface area contributed by atoms with E-state index < -0.39 is 0 Å². The van der Waals surface area contributed by atoms with E-state index in [0.717, 1.165) is 29.2 Å². The zero-order valence-corrected chi connectivity index (χ0v) is 18.5. The zero-order chi connectivity index (χ0) is 20.9. The Labute approximate surface area is 183 Å². The van der Waals surface area contributed by atoms with E-state index in [2.05, 4.69) is 32.3 Å². The van der Waals surface area contributed by atoms with Gasteiger partial charge >= 0.3 is 0 Å². The van der Waals surface area contributed by atoms with Crippen LogP contribution in [0.2, 0.25) is 0 Å². The molecular formula is C20H24N6O2S2. The van der Waals surface area contributed by atoms with Crippen LogP contribution in [-0.4, -0.2) is 36.6 Å². The number of carbonyl (C=O) groups is 1. The summed E-state index contributed by atoms with van der Waals surface area (Å²) in [4.78, 5) is 12.4. The van der Waals surface area contributed by atoms with Crippen LogP contribution in [0, 0.1) is 6.92 Å². The van der Waals surface area contributed by atoms with Crippen molar-refractivity contribution < 1.29 is 9.21 Å². The zero-order valence-electron chi connectivity index (χ0n) is 16.8. The second kappa shape index (κ2) is 9.57. The number of aryl methyl sites for hydroxylation is 1. The van der Waals surface area contributed by atoms with Crippen molar-refractivity contribution in [2.75, 3.05) is 11.1 Å². The molecule has 4 rings (SSSR count). The fourth-order valence-electron chi connectivity index (χ4n) is 3.59. The van der Waals surface area contributed by atoms with Gasteiger partial charge in [-0.15, -0.1) is 27.0 Å². The van der Waals surface area contributed by atoms with Gasteiger partial charge in [0.2, 0.25) is 11.0 Å². The Bertz CT molecular complexity index is 1020. The summed E-state index contributed by atoms with van der Waals surface area (Å²) in [7, 11) is 0. The minimum absolute atomic E-state index is 0.138. The number of amides is 1. The fraction of sp³-hybridized carbons (Fsp3) is 0.450. The van der Waals surface area contributed by atoms with Gasteiger partial charge in [0.05, 0.1) is 17.6 Å². The number of rotatable bonds is 8. The maximum atomic E-state index is 12.4. The molecule has 3 aromatic heterocycles. The molecule has 0 spiro atoms. The molecule has 0 bridgehead atoms. The van der Waals surface area contributed by atoms with Gasteiger partial charge < -0.3 is 4.42 Å². The molecule has 30 heavy (non-hydrogen) atoms. The van der Waals surface area contributed by atoms with Gasteiger partial charge in [0.1, 0.15) is 10.8 Å². The Morgan fingerprint density at radius 3 is 2.90 bits per heavy atom. The first-order valence-electron chi connectivity index (χ1n) is 10.0. The van der Waals surface area contributed by atoms with Crippen LogP contribution in [-0.2, 0) is 11.3 Å². The Hall–Kier alpha value is -2.46. The molecule has 0 atom stereocenters. The number of anilines is 1. The first-order chi connectivity index (χ1) is 14.7. The minimum Gasteiger partial charge on any atom is -0.469 e. The summed E-state index contributed by atoms with van der Waals surface area (Å²) >= 11 is 2.81. The van der Waals surface area contributed by atoms with Crippen molar-refractivity contribution in [3.63, 3.8) is 0 Å². The molecule has 1 saturated carbocycles. The SMILES string of the molecule is C=CCn1c(SCC(=O)Nc2nnc(C3CCCCC3)s2)nnc1-c1ccoc1C. The average Bonchev–Trinajstić information content (AvgIpc) is 3.48. The molecule has 3 aromatic rings. The molecule has 0 saturated heterocycles. The lowest BCUT2D eigenvalue weighted by atomic mass is 9.90. The van der Waals surface area contributed by atoms with Crippen LogP contribution in [0.4, 0.5) is 5.13 Å². The van der Waals surface area contributed by atoms with Gasteiger partial charge in [0.15, 0.2) is 11.0 Å². The highest BCUT2D eigenvalue weighted by Crippen LogP contribution is 2.35. The number of allylic oxidation sites excluding steroid dienone is 1. The molecule has 0 radical (unpaired) electrons. The normalized spacial score (nSPS) is 14.7. The third kappa shape index (κ3) is 4.65. The molecule has 1 aliphatic carbocycles. The van der Waals surface area contributed by atoms with E-state index >= 15 is 0 Å². The van der Waals surface area contributed by atoms with E-state index in [1.54, 1.807) is 12.3 Å². The predicted molar refractivity (Wildman–Crippen MR) is 118 cm³/mol. The number of nitrogens with zero attached hydrogens (tertiary/aromatic N) is 5. The number of hydrogen-bond donors (Lipinski definition) is 1. The second-order valence-corrected chi connectivity index (χ2v) is 9.16. The van der Waals surface area contributed by atoms with Gasteiger partial charge in [0, 0.05) is 12.5 Å². The molecule has 3 heterocycles. The van der Waals surface area contributed by atoms with Crippen LogP contribution in [0.5, 0.6) is 0 Å². The molecule has 0 unspecified atom stereocenters. The fourth-order valence-corrected chi connectivity index (χ4v) is 5.27. The molecule has 1 fully saturated rings. The quantitative estimate of drug-likeness (QED) is 0.398. The van der Waals surface area contributed by atoms with Crippen molar-refractivity contribution in [1.29, 1.82) is 0 Å². The topological polar surface area (TPSA) is 98.7 Å². The van der Waals surface area contributed by atoms with Gasteiger partial charge in [-0.2, -0.15) is 0 Å². The predicted octanol–water partition coefficient (Wildman–Crippen LogP) is 4.66. The number of carbonyl (C=O) groups excluding carboxylic acids is 1. The summed E-state index contributed by atoms with van der Waals surface area (Å²) in [6.45, 7) is 6.23. The van der Waals surface area contributed by atoms with Crippen LogP contribution in [0.25, 0.3) is 11.4 Å². The van der Waals surface area contributed by atoms with Crippen molar-refractivity contribution in [1.82, 2.24) is 25.0 Å². The van der Waals surface area contributed by atoms with E-state index in [1.165, 1.54) is 42.4 Å². The number of aromatic nitrogens is 5. The third-order valence-corrected chi connectivity index (χ3v) is 7.07. The van der Waals surface area contributed by atoms with E-state index in [1.807, 2.05) is 17.6 Å². The number of nitrogens with one attached hydrogen (secondary N) is 1. The highest BCUT2D eigenvalue weighted by molar-refractivity contribution is 7.99. The summed E-state index contributed by atoms with van der Waals surface area (Å²) in [5, 5.41) is 22.1. The van der Waals surface area contributed by atoms with Gasteiger partial charge in [0.25, 0.3) is 0 Å². The highest BCUT2D eigenvalue weighted by Gasteiger charge is 2.21. The molecular weight excluding hydrogens is 420 g/mol. The molecule has 0 aliphatic heterocycles. The molecule has 0 aromatic carbocycles. The molecule has 158 valence electrons. The highest BCUT2D eigenvalue weighted by atomic mass is 32.2. The van der Waals surface area contributed by atoms with E-state index in [9.17, 15) is 4.79 Å². The molecule has 10 heteroatoms. The second-order valence-electron chi connectivity index (χ2n) is 7.21. The number of thioether (sulfide) groups is 1. The summed E-state index contributed by atoms with van der Waals surface area (Å²) < 4.78 is 7.31. The lowest BCUT2D eigenvalue weighted by Crippen LogP contribution is -2.14. The molecule has 1 amide bonds. The van der Waals surface area contributed by atoms with Crippen LogP contribution in [0.15, 0.2) is 34.6 Å². The Morgan fingerprint density at radius 1 is 1.33 bits per heavy atom. The van der Waals surface area contributed by atoms with Crippen LogP contribution >= 0.6 is 23.1 Å². The first-order valence-corrected chi connectivity index (χ1v) is 11.8. The standard InChI is InChI=1S/C20H24N6O2S2/c1-3-10-26-17(15-9-11-28-13(15)2)22-25-20(26)29-12-16(27)21-19-24-23-18(30-19)14-7-5-4-6-8-14/h3,9,11,14H,1,4-8,10,12H2,2H3,(H,21,24,27). The van der Waals surface area contributed by atoms with Crippen molar-refractivity contribution in [3.05, 3.63) is 35.8 Å². The smallest absolute Gasteiger partial charge is 0.236 e. The van der Waals surface area contributed by atoms with Crippen LogP contribution in [0.3, 0.4) is 0 Å². The van der Waals surface area contributed by atoms with E-state index in [0.29, 0.717) is 28.6 Å². The summed E-state index contributed by atoms with van der Waals surface area (Å²) in [6, 6.07) is 1.86. The van der Waals surface area contributed by atoms with Crippen LogP contribution in [0.1, 0.15) is 48.8 Å². The Kier molecular flexibility index (Phi) is 6.63. The monoisotopic (exact) mass is 444 g/mol. The lowest BCUT2D eigenvalue weighted by Gasteiger charge is -2.18. The van der Waals surface area contributed by atoms with Gasteiger partial charge in [-0.1, -0.05) is 48.4 Å². The minimum atomic E-state index is -0.138. The Morgan fingerprint density at radius 2 is 2.17 bits per heavy atom. The maximum Gasteiger partial charge on any atom is 0.236 e. The largest absolute Gasteiger partial charge is 0.469 e. The van der Waals surface area contributed by atoms with Crippen LogP contribution < -0.4 is 5.32 Å². The average molecular weight is 445 g/mol. The van der Waals surface area contributed by atoms with E-state index in [4.69, 9.17) is 4.42 Å². The third-order valence-electron chi connectivity index (χ3n) is 5.10. The first kappa shape index (κ1) is 20.8. The summed E-state index contributed by atoms with van der Waals surface area (Å²) in [5.74, 6) is 2.02. The lowest BCUT2D eigenvalue weighted by molar-refractivity contribution is -0.113. The number of furan rings is 1. The number of hydrogen-bond acceptors (Lipinski definition) is 8. The summed E-state index contributed by atoms with van der Waals surface area (Å²) in [6.07, 6.45) is 9.52. The van der Waals surface area contributed by atoms with E-state index in [-0.39, 0.29) is 11.7 Å². The Balaban J connectivity index is 1.38. The van der Waals surface area contributed by atoms with Gasteiger partial charge in [-0.25, -0.2) is 0 Å². The van der Waals surface area contributed by atoms with Crippen molar-refractivity contribution in [2.45, 2.75) is 56.6 Å². The molecule has 1 N–H and O–H groups in total. The molecule has 1 aliphatic rings. The maximum absolute atomic E-state index is 12.4. The molecule has 8 nitrogen and oxygen atoms in total. The summed E-state index contributed by atoms with van der Waals surface area (Å²) in [5.41, 5.74) is 0.879. The van der Waals surface area contributed by atoms with Crippen molar-refractivity contribution >= 4 is 34.1 Å². The van der Waals surface area contributed by atoms with Gasteiger partial charge in [-0.3, -0.25) is 14.7 Å². The van der Waals surface area contributed by atoms with Crippen molar-refractivity contribution in [2.24, 2.45) is 0 Å².